The molecule has 0 fully saturated rings. The van der Waals surface area contributed by atoms with Crippen molar-refractivity contribution in [3.05, 3.63) is 47.1 Å². The molecule has 0 atom stereocenters. The third-order valence-corrected chi connectivity index (χ3v) is 2.83. The van der Waals surface area contributed by atoms with E-state index in [0.29, 0.717) is 35.8 Å². The fourth-order valence-electron chi connectivity index (χ4n) is 1.79. The van der Waals surface area contributed by atoms with Gasteiger partial charge in [0.1, 0.15) is 0 Å². The van der Waals surface area contributed by atoms with Crippen molar-refractivity contribution in [1.29, 1.82) is 0 Å². The number of hydrogen-bond acceptors (Lipinski definition) is 3. The van der Waals surface area contributed by atoms with Crippen molar-refractivity contribution in [1.82, 2.24) is 0 Å². The summed E-state index contributed by atoms with van der Waals surface area (Å²) in [6, 6.07) is 5.31. The van der Waals surface area contributed by atoms with Crippen molar-refractivity contribution in [2.24, 2.45) is 0 Å². The van der Waals surface area contributed by atoms with E-state index in [-0.39, 0.29) is 5.78 Å². The van der Waals surface area contributed by atoms with Crippen molar-refractivity contribution in [2.75, 3.05) is 13.2 Å². The van der Waals surface area contributed by atoms with E-state index in [1.807, 2.05) is 46.8 Å². The maximum atomic E-state index is 12.4. The SMILES string of the molecule is CCOc1ccc(C(=O)/C(C)=C/C=C(C)C)cc1OCC. The Morgan fingerprint density at radius 1 is 1.00 bits per heavy atom. The first-order valence-corrected chi connectivity index (χ1v) is 7.25. The number of Topliss-reactive ketones (excluding diaryl/α,β-unsaturated/α-hetero) is 1. The molecule has 0 amide bonds. The predicted molar refractivity (Wildman–Crippen MR) is 86.3 cm³/mol. The fourth-order valence-corrected chi connectivity index (χ4v) is 1.79. The summed E-state index contributed by atoms with van der Waals surface area (Å²) in [6.45, 7) is 10.7. The first-order chi connectivity index (χ1) is 9.99. The number of ether oxygens (including phenoxy) is 2. The summed E-state index contributed by atoms with van der Waals surface area (Å²) in [5.41, 5.74) is 2.46. The third-order valence-electron chi connectivity index (χ3n) is 2.83. The van der Waals surface area contributed by atoms with Crippen LogP contribution in [0.2, 0.25) is 0 Å². The Morgan fingerprint density at radius 3 is 2.19 bits per heavy atom. The normalized spacial score (nSPS) is 11.0. The van der Waals surface area contributed by atoms with E-state index >= 15 is 0 Å². The van der Waals surface area contributed by atoms with E-state index in [9.17, 15) is 4.79 Å². The van der Waals surface area contributed by atoms with Gasteiger partial charge in [0.15, 0.2) is 17.3 Å². The standard InChI is InChI=1S/C18H24O3/c1-6-20-16-11-10-15(12-17(16)21-7-2)18(19)14(5)9-8-13(3)4/h8-12H,6-7H2,1-5H3/b14-9+. The van der Waals surface area contributed by atoms with Crippen molar-refractivity contribution in [3.63, 3.8) is 0 Å². The highest BCUT2D eigenvalue weighted by atomic mass is 16.5. The molecule has 0 heterocycles. The van der Waals surface area contributed by atoms with E-state index in [2.05, 4.69) is 0 Å². The third kappa shape index (κ3) is 5.10. The molecule has 0 N–H and O–H groups in total. The van der Waals surface area contributed by atoms with Gasteiger partial charge in [-0.3, -0.25) is 4.79 Å². The van der Waals surface area contributed by atoms with E-state index in [0.717, 1.165) is 5.57 Å². The highest BCUT2D eigenvalue weighted by Gasteiger charge is 2.12. The van der Waals surface area contributed by atoms with Crippen molar-refractivity contribution < 1.29 is 14.3 Å². The zero-order chi connectivity index (χ0) is 15.8. The Balaban J connectivity index is 3.08. The van der Waals surface area contributed by atoms with Crippen LogP contribution in [0.1, 0.15) is 45.0 Å². The first kappa shape index (κ1) is 17.0. The molecule has 0 saturated carbocycles. The van der Waals surface area contributed by atoms with Gasteiger partial charge in [-0.25, -0.2) is 0 Å². The van der Waals surface area contributed by atoms with Crippen LogP contribution in [-0.2, 0) is 0 Å². The van der Waals surface area contributed by atoms with Gasteiger partial charge >= 0.3 is 0 Å². The predicted octanol–water partition coefficient (Wildman–Crippen LogP) is 4.58. The first-order valence-electron chi connectivity index (χ1n) is 7.25. The lowest BCUT2D eigenvalue weighted by Gasteiger charge is -2.12. The maximum absolute atomic E-state index is 12.4. The Labute approximate surface area is 127 Å². The average molecular weight is 288 g/mol. The molecule has 0 aromatic heterocycles. The zero-order valence-electron chi connectivity index (χ0n) is 13.5. The molecule has 0 aliphatic carbocycles. The molecule has 0 aliphatic heterocycles. The zero-order valence-corrected chi connectivity index (χ0v) is 13.5. The Bertz CT molecular complexity index is 550. The largest absolute Gasteiger partial charge is 0.490 e. The van der Waals surface area contributed by atoms with Gasteiger partial charge in [0.25, 0.3) is 0 Å². The average Bonchev–Trinajstić information content (AvgIpc) is 2.46. The highest BCUT2D eigenvalue weighted by Crippen LogP contribution is 2.29. The summed E-state index contributed by atoms with van der Waals surface area (Å²) < 4.78 is 11.1. The van der Waals surface area contributed by atoms with Crippen LogP contribution >= 0.6 is 0 Å². The second-order valence-electron chi connectivity index (χ2n) is 4.95. The second kappa shape index (κ2) is 8.30. The lowest BCUT2D eigenvalue weighted by Crippen LogP contribution is -2.04. The summed E-state index contributed by atoms with van der Waals surface area (Å²) >= 11 is 0. The molecule has 1 rings (SSSR count). The fraction of sp³-hybridized carbons (Fsp3) is 0.389. The van der Waals surface area contributed by atoms with E-state index in [4.69, 9.17) is 9.47 Å². The molecule has 0 spiro atoms. The van der Waals surface area contributed by atoms with E-state index in [1.54, 1.807) is 18.2 Å². The number of allylic oxidation sites excluding steroid dienone is 4. The van der Waals surface area contributed by atoms with Gasteiger partial charge in [0.2, 0.25) is 0 Å². The maximum Gasteiger partial charge on any atom is 0.188 e. The van der Waals surface area contributed by atoms with Gasteiger partial charge in [-0.15, -0.1) is 0 Å². The van der Waals surface area contributed by atoms with Crippen molar-refractivity contribution in [3.8, 4) is 11.5 Å². The molecule has 1 aromatic rings. The molecule has 0 bridgehead atoms. The van der Waals surface area contributed by atoms with Gasteiger partial charge in [-0.1, -0.05) is 17.7 Å². The molecular formula is C18H24O3. The number of carbonyl (C=O) groups excluding carboxylic acids is 1. The molecule has 21 heavy (non-hydrogen) atoms. The number of hydrogen-bond donors (Lipinski definition) is 0. The van der Waals surface area contributed by atoms with Crippen LogP contribution in [0, 0.1) is 0 Å². The van der Waals surface area contributed by atoms with Crippen LogP contribution in [0.25, 0.3) is 0 Å². The lowest BCUT2D eigenvalue weighted by molar-refractivity contribution is 0.103. The molecule has 0 aliphatic rings. The lowest BCUT2D eigenvalue weighted by atomic mass is 10.0. The molecule has 0 unspecified atom stereocenters. The Morgan fingerprint density at radius 2 is 1.62 bits per heavy atom. The highest BCUT2D eigenvalue weighted by molar-refractivity contribution is 6.08. The van der Waals surface area contributed by atoms with Crippen LogP contribution in [0.15, 0.2) is 41.5 Å². The minimum Gasteiger partial charge on any atom is -0.490 e. The monoisotopic (exact) mass is 288 g/mol. The number of benzene rings is 1. The van der Waals surface area contributed by atoms with Crippen LogP contribution in [0.3, 0.4) is 0 Å². The Hall–Kier alpha value is -2.03. The topological polar surface area (TPSA) is 35.5 Å². The summed E-state index contributed by atoms with van der Waals surface area (Å²) in [5, 5.41) is 0. The summed E-state index contributed by atoms with van der Waals surface area (Å²) in [4.78, 5) is 12.4. The second-order valence-corrected chi connectivity index (χ2v) is 4.95. The van der Waals surface area contributed by atoms with Gasteiger partial charge in [-0.2, -0.15) is 0 Å². The smallest absolute Gasteiger partial charge is 0.188 e. The molecule has 114 valence electrons. The summed E-state index contributed by atoms with van der Waals surface area (Å²) in [7, 11) is 0. The van der Waals surface area contributed by atoms with Gasteiger partial charge in [-0.05, 0) is 58.4 Å². The molecule has 0 radical (unpaired) electrons. The molecule has 1 aromatic carbocycles. The molecule has 3 heteroatoms. The van der Waals surface area contributed by atoms with Gasteiger partial charge in [0, 0.05) is 5.56 Å². The van der Waals surface area contributed by atoms with E-state index < -0.39 is 0 Å². The quantitative estimate of drug-likeness (QED) is 0.418. The number of carbonyl (C=O) groups is 1. The number of ketones is 1. The van der Waals surface area contributed by atoms with Crippen molar-refractivity contribution >= 4 is 5.78 Å². The number of rotatable bonds is 7. The summed E-state index contributed by atoms with van der Waals surface area (Å²) in [5.74, 6) is 1.28. The Kier molecular flexibility index (Phi) is 6.73. The van der Waals surface area contributed by atoms with Crippen LogP contribution in [0.5, 0.6) is 11.5 Å². The molecule has 3 nitrogen and oxygen atoms in total. The van der Waals surface area contributed by atoms with E-state index in [1.165, 1.54) is 0 Å². The summed E-state index contributed by atoms with van der Waals surface area (Å²) in [6.07, 6.45) is 3.78. The van der Waals surface area contributed by atoms with Crippen LogP contribution in [0.4, 0.5) is 0 Å². The van der Waals surface area contributed by atoms with Crippen molar-refractivity contribution in [2.45, 2.75) is 34.6 Å². The minimum atomic E-state index is -0.00324. The van der Waals surface area contributed by atoms with Gasteiger partial charge in [0.05, 0.1) is 13.2 Å². The molecular weight excluding hydrogens is 264 g/mol. The van der Waals surface area contributed by atoms with Crippen LogP contribution in [-0.4, -0.2) is 19.0 Å². The molecule has 0 saturated heterocycles. The minimum absolute atomic E-state index is 0.00324. The van der Waals surface area contributed by atoms with Crippen LogP contribution < -0.4 is 9.47 Å². The van der Waals surface area contributed by atoms with Gasteiger partial charge < -0.3 is 9.47 Å².